The maximum absolute atomic E-state index is 5.20. The summed E-state index contributed by atoms with van der Waals surface area (Å²) in [5.41, 5.74) is 15.1. The average Bonchev–Trinajstić information content (AvgIpc) is 3.94. The highest BCUT2D eigenvalue weighted by molar-refractivity contribution is 6.24. The SMILES string of the molecule is CC1(C)c2cccc(-c3ccccc3-n3c4ccccc4c4ccc5c6ccccc6n(-c6cccc7c(-c8nc(-c9ccccc9)nc(-c9ccccc9)n8)cccc67)c5c43)c2C(C)(C)C1(C)C. The molecule has 0 saturated carbocycles. The van der Waals surface area contributed by atoms with E-state index >= 15 is 0 Å². The van der Waals surface area contributed by atoms with E-state index < -0.39 is 0 Å². The predicted molar refractivity (Wildman–Crippen MR) is 288 cm³/mol. The van der Waals surface area contributed by atoms with Crippen LogP contribution in [0.2, 0.25) is 0 Å². The molecule has 0 aliphatic heterocycles. The number of aromatic nitrogens is 5. The molecular formula is C64H51N5. The van der Waals surface area contributed by atoms with Crippen LogP contribution in [0.15, 0.2) is 200 Å². The highest BCUT2D eigenvalue weighted by Crippen LogP contribution is 2.63. The molecule has 0 radical (unpaired) electrons. The molecule has 3 heterocycles. The zero-order chi connectivity index (χ0) is 46.8. The summed E-state index contributed by atoms with van der Waals surface area (Å²) >= 11 is 0. The number of rotatable bonds is 6. The van der Waals surface area contributed by atoms with Gasteiger partial charge >= 0.3 is 0 Å². The van der Waals surface area contributed by atoms with Crippen molar-refractivity contribution in [2.24, 2.45) is 5.41 Å². The Balaban J connectivity index is 1.11. The summed E-state index contributed by atoms with van der Waals surface area (Å²) in [6.07, 6.45) is 0. The summed E-state index contributed by atoms with van der Waals surface area (Å²) in [7, 11) is 0. The van der Waals surface area contributed by atoms with E-state index in [4.69, 9.17) is 15.0 Å². The van der Waals surface area contributed by atoms with Crippen molar-refractivity contribution in [1.29, 1.82) is 0 Å². The van der Waals surface area contributed by atoms with Crippen molar-refractivity contribution in [1.82, 2.24) is 24.1 Å². The van der Waals surface area contributed by atoms with Gasteiger partial charge in [-0.1, -0.05) is 217 Å². The molecule has 0 spiro atoms. The summed E-state index contributed by atoms with van der Waals surface area (Å²) in [4.78, 5) is 15.4. The smallest absolute Gasteiger partial charge is 0.164 e. The van der Waals surface area contributed by atoms with Crippen molar-refractivity contribution in [3.8, 4) is 56.7 Å². The Morgan fingerprint density at radius 1 is 0.319 bits per heavy atom. The molecule has 12 aromatic rings. The molecule has 0 saturated heterocycles. The van der Waals surface area contributed by atoms with Gasteiger partial charge in [0.25, 0.3) is 0 Å². The summed E-state index contributed by atoms with van der Waals surface area (Å²) in [6, 6.07) is 72.2. The van der Waals surface area contributed by atoms with Crippen LogP contribution in [0.25, 0.3) is 111 Å². The minimum atomic E-state index is -0.0865. The minimum absolute atomic E-state index is 0.0174. The highest BCUT2D eigenvalue weighted by atomic mass is 15.1. The molecule has 332 valence electrons. The predicted octanol–water partition coefficient (Wildman–Crippen LogP) is 16.5. The van der Waals surface area contributed by atoms with E-state index in [0.29, 0.717) is 17.5 Å². The van der Waals surface area contributed by atoms with Gasteiger partial charge in [-0.15, -0.1) is 0 Å². The average molecular weight is 890 g/mol. The van der Waals surface area contributed by atoms with Gasteiger partial charge in [0.15, 0.2) is 17.5 Å². The van der Waals surface area contributed by atoms with Crippen molar-refractivity contribution in [3.63, 3.8) is 0 Å². The van der Waals surface area contributed by atoms with Gasteiger partial charge in [-0.25, -0.2) is 15.0 Å². The first-order chi connectivity index (χ1) is 33.5. The third-order valence-corrected chi connectivity index (χ3v) is 16.5. The van der Waals surface area contributed by atoms with Crippen LogP contribution in [-0.4, -0.2) is 24.1 Å². The Morgan fingerprint density at radius 2 is 0.768 bits per heavy atom. The van der Waals surface area contributed by atoms with E-state index in [2.05, 4.69) is 214 Å². The van der Waals surface area contributed by atoms with Crippen LogP contribution < -0.4 is 0 Å². The molecule has 1 aliphatic carbocycles. The molecule has 9 aromatic carbocycles. The Morgan fingerprint density at radius 3 is 1.41 bits per heavy atom. The lowest BCUT2D eigenvalue weighted by Crippen LogP contribution is -2.42. The van der Waals surface area contributed by atoms with Gasteiger partial charge in [-0.2, -0.15) is 0 Å². The maximum atomic E-state index is 5.20. The molecule has 0 bridgehead atoms. The van der Waals surface area contributed by atoms with Crippen molar-refractivity contribution in [2.75, 3.05) is 0 Å². The Bertz CT molecular complexity index is 3980. The molecule has 1 aliphatic rings. The topological polar surface area (TPSA) is 48.5 Å². The van der Waals surface area contributed by atoms with Crippen LogP contribution in [0.4, 0.5) is 0 Å². The van der Waals surface area contributed by atoms with Crippen LogP contribution in [0.1, 0.15) is 52.7 Å². The fourth-order valence-electron chi connectivity index (χ4n) is 11.9. The first-order valence-electron chi connectivity index (χ1n) is 24.1. The molecule has 69 heavy (non-hydrogen) atoms. The second kappa shape index (κ2) is 14.9. The largest absolute Gasteiger partial charge is 0.307 e. The third-order valence-electron chi connectivity index (χ3n) is 16.5. The second-order valence-electron chi connectivity index (χ2n) is 20.4. The van der Waals surface area contributed by atoms with Crippen LogP contribution in [0.3, 0.4) is 0 Å². The molecule has 5 heteroatoms. The number of nitrogens with zero attached hydrogens (tertiary/aromatic N) is 5. The lowest BCUT2D eigenvalue weighted by atomic mass is 9.59. The molecule has 0 N–H and O–H groups in total. The molecular weight excluding hydrogens is 839 g/mol. The van der Waals surface area contributed by atoms with Crippen LogP contribution >= 0.6 is 0 Å². The first kappa shape index (κ1) is 41.1. The Labute approximate surface area is 402 Å². The van der Waals surface area contributed by atoms with Gasteiger partial charge in [0, 0.05) is 49.2 Å². The number of fused-ring (bicyclic) bond motifs is 9. The van der Waals surface area contributed by atoms with Gasteiger partial charge in [-0.3, -0.25) is 0 Å². The zero-order valence-electron chi connectivity index (χ0n) is 39.8. The summed E-state index contributed by atoms with van der Waals surface area (Å²) in [5.74, 6) is 1.91. The fourth-order valence-corrected chi connectivity index (χ4v) is 11.9. The number of hydrogen-bond acceptors (Lipinski definition) is 3. The number of para-hydroxylation sites is 3. The quantitative estimate of drug-likeness (QED) is 0.167. The normalized spacial score (nSPS) is 14.9. The van der Waals surface area contributed by atoms with Gasteiger partial charge in [0.2, 0.25) is 0 Å². The molecule has 5 nitrogen and oxygen atoms in total. The number of benzene rings is 9. The molecule has 0 fully saturated rings. The molecule has 0 amide bonds. The number of hydrogen-bond donors (Lipinski definition) is 0. The molecule has 13 rings (SSSR count). The Hall–Kier alpha value is -8.15. The molecule has 0 unspecified atom stereocenters. The van der Waals surface area contributed by atoms with Crippen LogP contribution in [0, 0.1) is 5.41 Å². The van der Waals surface area contributed by atoms with Crippen LogP contribution in [-0.2, 0) is 10.8 Å². The monoisotopic (exact) mass is 889 g/mol. The van der Waals surface area contributed by atoms with E-state index in [-0.39, 0.29) is 16.2 Å². The summed E-state index contributed by atoms with van der Waals surface area (Å²) < 4.78 is 5.08. The third kappa shape index (κ3) is 5.80. The minimum Gasteiger partial charge on any atom is -0.307 e. The highest BCUT2D eigenvalue weighted by Gasteiger charge is 2.57. The first-order valence-corrected chi connectivity index (χ1v) is 24.1. The zero-order valence-corrected chi connectivity index (χ0v) is 39.8. The summed E-state index contributed by atoms with van der Waals surface area (Å²) in [5, 5.41) is 7.02. The standard InChI is InChI=1S/C64H51N5/c1-62(2)51-33-20-31-47(56(51)63(3,4)64(62,5)6)44-26-13-16-34-52(44)68-53-35-17-14-27-45(53)48-38-39-49-46-28-15-18-36-54(46)69(58(49)57(48)68)55-37-21-29-42-43(55)30-19-32-50(42)61-66-59(40-22-9-7-10-23-40)65-60(67-61)41-24-11-8-12-25-41/h7-39H,1-6H3. The second-order valence-corrected chi connectivity index (χ2v) is 20.4. The van der Waals surface area contributed by atoms with E-state index in [0.717, 1.165) is 44.2 Å². The van der Waals surface area contributed by atoms with E-state index in [1.807, 2.05) is 36.4 Å². The van der Waals surface area contributed by atoms with Crippen LogP contribution in [0.5, 0.6) is 0 Å². The Kier molecular flexibility index (Phi) is 8.88. The van der Waals surface area contributed by atoms with Gasteiger partial charge < -0.3 is 9.13 Å². The van der Waals surface area contributed by atoms with E-state index in [1.54, 1.807) is 0 Å². The van der Waals surface area contributed by atoms with Crippen molar-refractivity contribution < 1.29 is 0 Å². The fraction of sp³-hybridized carbons (Fsp3) is 0.141. The van der Waals surface area contributed by atoms with Crippen molar-refractivity contribution >= 4 is 54.4 Å². The van der Waals surface area contributed by atoms with E-state index in [9.17, 15) is 0 Å². The summed E-state index contributed by atoms with van der Waals surface area (Å²) in [6.45, 7) is 14.7. The van der Waals surface area contributed by atoms with E-state index in [1.165, 1.54) is 60.5 Å². The van der Waals surface area contributed by atoms with Crippen molar-refractivity contribution in [2.45, 2.75) is 52.4 Å². The van der Waals surface area contributed by atoms with Crippen molar-refractivity contribution in [3.05, 3.63) is 211 Å². The van der Waals surface area contributed by atoms with Gasteiger partial charge in [0.1, 0.15) is 0 Å². The maximum Gasteiger partial charge on any atom is 0.164 e. The molecule has 3 aromatic heterocycles. The van der Waals surface area contributed by atoms with Gasteiger partial charge in [0.05, 0.1) is 33.4 Å². The lowest BCUT2D eigenvalue weighted by Gasteiger charge is -2.44. The lowest BCUT2D eigenvalue weighted by molar-refractivity contribution is 0.125. The molecule has 0 atom stereocenters. The van der Waals surface area contributed by atoms with Gasteiger partial charge in [-0.05, 0) is 62.6 Å².